The van der Waals surface area contributed by atoms with Crippen LogP contribution < -0.4 is 15.3 Å². The molecule has 1 unspecified atom stereocenters. The van der Waals surface area contributed by atoms with Gasteiger partial charge in [0.15, 0.2) is 6.09 Å². The van der Waals surface area contributed by atoms with Crippen LogP contribution in [0.4, 0.5) is 4.79 Å². The van der Waals surface area contributed by atoms with E-state index in [1.54, 1.807) is 13.2 Å². The number of nitrogens with one attached hydrogen (secondary N) is 1. The maximum atomic E-state index is 11.3. The van der Waals surface area contributed by atoms with Crippen LogP contribution in [0.1, 0.15) is 30.7 Å². The Morgan fingerprint density at radius 2 is 2.04 bits per heavy atom. The van der Waals surface area contributed by atoms with Gasteiger partial charge in [0.05, 0.1) is 25.2 Å². The summed E-state index contributed by atoms with van der Waals surface area (Å²) in [4.78, 5) is 15.9. The first kappa shape index (κ1) is 19.9. The van der Waals surface area contributed by atoms with Crippen LogP contribution in [0.5, 0.6) is 5.88 Å². The molecule has 0 saturated carbocycles. The predicted molar refractivity (Wildman–Crippen MR) is 103 cm³/mol. The molecular weight excluding hydrogens is 414 g/mol. The first-order valence-corrected chi connectivity index (χ1v) is 9.86. The van der Waals surface area contributed by atoms with Gasteiger partial charge in [-0.15, -0.1) is 0 Å². The van der Waals surface area contributed by atoms with Gasteiger partial charge in [0.25, 0.3) is 0 Å². The van der Waals surface area contributed by atoms with Crippen LogP contribution in [0.25, 0.3) is 10.9 Å². The van der Waals surface area contributed by atoms with E-state index in [4.69, 9.17) is 4.74 Å². The zero-order valence-corrected chi connectivity index (χ0v) is 16.9. The van der Waals surface area contributed by atoms with E-state index in [0.29, 0.717) is 25.5 Å². The molecule has 1 aliphatic rings. The standard InChI is InChI=1S/C19H24BrN3O4/c1-27-16-8-6-13-5-7-15(20)17(18(13)21-16)14(12-24)11-23(22-19(25)26)9-3-2-4-10-23/h5-8,14,22,24H,2-4,9-12H2,1H3. The highest BCUT2D eigenvalue weighted by Crippen LogP contribution is 2.34. The molecule has 1 saturated heterocycles. The molecule has 1 aromatic carbocycles. The second-order valence-electron chi connectivity index (χ2n) is 7.00. The molecule has 8 heteroatoms. The topological polar surface area (TPSA) is 94.5 Å². The Morgan fingerprint density at radius 1 is 1.33 bits per heavy atom. The molecule has 0 spiro atoms. The zero-order valence-electron chi connectivity index (χ0n) is 15.3. The van der Waals surface area contributed by atoms with Crippen molar-refractivity contribution in [3.63, 3.8) is 0 Å². The van der Waals surface area contributed by atoms with Gasteiger partial charge in [-0.2, -0.15) is 0 Å². The maximum Gasteiger partial charge on any atom is 0.213 e. The Labute approximate surface area is 166 Å². The normalized spacial score (nSPS) is 17.4. The fourth-order valence-corrected chi connectivity index (χ4v) is 4.63. The maximum absolute atomic E-state index is 11.3. The summed E-state index contributed by atoms with van der Waals surface area (Å²) in [6.45, 7) is 1.68. The van der Waals surface area contributed by atoms with E-state index in [2.05, 4.69) is 26.3 Å². The number of pyridine rings is 1. The van der Waals surface area contributed by atoms with Crippen molar-refractivity contribution < 1.29 is 24.3 Å². The van der Waals surface area contributed by atoms with Crippen molar-refractivity contribution in [1.29, 1.82) is 0 Å². The number of likely N-dealkylation sites (tertiary alicyclic amines) is 1. The molecule has 0 radical (unpaired) electrons. The summed E-state index contributed by atoms with van der Waals surface area (Å²) in [5.41, 5.74) is 4.19. The summed E-state index contributed by atoms with van der Waals surface area (Å²) < 4.78 is 6.29. The van der Waals surface area contributed by atoms with E-state index < -0.39 is 6.09 Å². The first-order valence-electron chi connectivity index (χ1n) is 9.07. The van der Waals surface area contributed by atoms with E-state index in [9.17, 15) is 15.0 Å². The number of carbonyl (C=O) groups is 1. The summed E-state index contributed by atoms with van der Waals surface area (Å²) in [6.07, 6.45) is 1.66. The minimum atomic E-state index is -1.29. The number of hydrogen-bond donors (Lipinski definition) is 2. The number of rotatable bonds is 6. The molecule has 2 heterocycles. The van der Waals surface area contributed by atoms with Crippen molar-refractivity contribution in [2.75, 3.05) is 33.4 Å². The van der Waals surface area contributed by atoms with Gasteiger partial charge in [0, 0.05) is 21.5 Å². The number of aliphatic hydroxyl groups excluding tert-OH is 1. The van der Waals surface area contributed by atoms with Crippen LogP contribution in [-0.2, 0) is 0 Å². The molecule has 2 aromatic rings. The van der Waals surface area contributed by atoms with E-state index in [1.165, 1.54) is 0 Å². The van der Waals surface area contributed by atoms with Crippen molar-refractivity contribution in [2.45, 2.75) is 25.2 Å². The molecule has 1 aliphatic heterocycles. The highest BCUT2D eigenvalue weighted by atomic mass is 79.9. The number of aromatic nitrogens is 1. The Hall–Kier alpha value is -1.90. The lowest BCUT2D eigenvalue weighted by molar-refractivity contribution is -0.968. The Bertz CT molecular complexity index is 824. The van der Waals surface area contributed by atoms with Gasteiger partial charge in [-0.25, -0.2) is 15.0 Å². The molecule has 146 valence electrons. The number of benzene rings is 1. The average Bonchev–Trinajstić information content (AvgIpc) is 2.66. The molecule has 1 fully saturated rings. The SMILES string of the molecule is COc1ccc2ccc(Br)c(C(CO)C[N+]3(NC(=O)[O-])CCCCC3)c2n1. The Kier molecular flexibility index (Phi) is 6.18. The number of carbonyl (C=O) groups excluding carboxylic acids is 1. The minimum absolute atomic E-state index is 0.120. The zero-order chi connectivity index (χ0) is 19.4. The first-order chi connectivity index (χ1) is 13.0. The summed E-state index contributed by atoms with van der Waals surface area (Å²) in [5, 5.41) is 22.4. The van der Waals surface area contributed by atoms with Crippen molar-refractivity contribution in [3.8, 4) is 5.88 Å². The van der Waals surface area contributed by atoms with E-state index in [-0.39, 0.29) is 17.1 Å². The van der Waals surface area contributed by atoms with E-state index in [1.807, 2.05) is 18.2 Å². The number of aliphatic hydroxyl groups is 1. The van der Waals surface area contributed by atoms with Gasteiger partial charge < -0.3 is 19.7 Å². The van der Waals surface area contributed by atoms with E-state index >= 15 is 0 Å². The van der Waals surface area contributed by atoms with Crippen LogP contribution in [0, 0.1) is 0 Å². The lowest BCUT2D eigenvalue weighted by atomic mass is 9.95. The number of nitrogens with zero attached hydrogens (tertiary/aromatic N) is 2. The largest absolute Gasteiger partial charge is 0.526 e. The number of hydrogen-bond acceptors (Lipinski definition) is 5. The lowest BCUT2D eigenvalue weighted by Crippen LogP contribution is -2.66. The number of carboxylic acid groups (broad SMARTS) is 1. The molecule has 0 bridgehead atoms. The molecule has 1 amide bonds. The Balaban J connectivity index is 2.03. The van der Waals surface area contributed by atoms with Crippen LogP contribution >= 0.6 is 15.9 Å². The van der Waals surface area contributed by atoms with Gasteiger partial charge in [-0.3, -0.25) is 0 Å². The molecule has 1 atom stereocenters. The molecule has 1 aromatic heterocycles. The number of piperidine rings is 1. The quantitative estimate of drug-likeness (QED) is 0.673. The molecule has 7 nitrogen and oxygen atoms in total. The van der Waals surface area contributed by atoms with Crippen molar-refractivity contribution in [3.05, 3.63) is 34.3 Å². The van der Waals surface area contributed by atoms with Gasteiger partial charge in [0.2, 0.25) is 5.88 Å². The fraction of sp³-hybridized carbons (Fsp3) is 0.474. The highest BCUT2D eigenvalue weighted by molar-refractivity contribution is 9.10. The Morgan fingerprint density at radius 3 is 2.67 bits per heavy atom. The molecule has 27 heavy (non-hydrogen) atoms. The van der Waals surface area contributed by atoms with Crippen molar-refractivity contribution >= 4 is 32.9 Å². The third-order valence-corrected chi connectivity index (χ3v) is 5.92. The number of amides is 1. The second-order valence-corrected chi connectivity index (χ2v) is 7.86. The van der Waals surface area contributed by atoms with Gasteiger partial charge in [0.1, 0.15) is 19.6 Å². The number of methoxy groups -OCH3 is 1. The summed E-state index contributed by atoms with van der Waals surface area (Å²) in [6, 6.07) is 7.61. The van der Waals surface area contributed by atoms with E-state index in [0.717, 1.165) is 40.2 Å². The summed E-state index contributed by atoms with van der Waals surface area (Å²) in [5.74, 6) is 0.195. The van der Waals surface area contributed by atoms with Crippen molar-refractivity contribution in [2.24, 2.45) is 0 Å². The van der Waals surface area contributed by atoms with Gasteiger partial charge in [-0.05, 0) is 31.4 Å². The summed E-state index contributed by atoms with van der Waals surface area (Å²) >= 11 is 3.59. The third-order valence-electron chi connectivity index (χ3n) is 5.23. The lowest BCUT2D eigenvalue weighted by Gasteiger charge is -2.43. The second kappa shape index (κ2) is 8.41. The molecule has 2 N–H and O–H groups in total. The minimum Gasteiger partial charge on any atom is -0.526 e. The highest BCUT2D eigenvalue weighted by Gasteiger charge is 2.35. The molecule has 0 aliphatic carbocycles. The fourth-order valence-electron chi connectivity index (χ4n) is 3.98. The number of fused-ring (bicyclic) bond motifs is 1. The van der Waals surface area contributed by atoms with Crippen LogP contribution in [0.3, 0.4) is 0 Å². The smallest absolute Gasteiger partial charge is 0.213 e. The number of quaternary nitrogens is 1. The van der Waals surface area contributed by atoms with Crippen molar-refractivity contribution in [1.82, 2.24) is 10.4 Å². The van der Waals surface area contributed by atoms with Gasteiger partial charge in [-0.1, -0.05) is 22.0 Å². The monoisotopic (exact) mass is 437 g/mol. The van der Waals surface area contributed by atoms with Gasteiger partial charge >= 0.3 is 0 Å². The molecular formula is C19H24BrN3O4. The average molecular weight is 438 g/mol. The third kappa shape index (κ3) is 4.34. The number of ether oxygens (including phenoxy) is 1. The van der Waals surface area contributed by atoms with Crippen LogP contribution in [0.2, 0.25) is 0 Å². The van der Waals surface area contributed by atoms with Crippen LogP contribution in [0.15, 0.2) is 28.7 Å². The molecule has 3 rings (SSSR count). The predicted octanol–water partition coefficient (Wildman–Crippen LogP) is 1.93. The summed E-state index contributed by atoms with van der Waals surface area (Å²) in [7, 11) is 1.56. The van der Waals surface area contributed by atoms with Crippen LogP contribution in [-0.4, -0.2) is 54.1 Å². The number of halogens is 1.